The van der Waals surface area contributed by atoms with Crippen LogP contribution in [0.1, 0.15) is 113 Å². The minimum absolute atomic E-state index is 0. The van der Waals surface area contributed by atoms with Gasteiger partial charge in [0.2, 0.25) is 0 Å². The summed E-state index contributed by atoms with van der Waals surface area (Å²) in [6.45, 7) is 5.17. The van der Waals surface area contributed by atoms with Gasteiger partial charge in [-0.1, -0.05) is 90.2 Å². The van der Waals surface area contributed by atoms with Crippen LogP contribution in [0, 0.1) is 0 Å². The molecule has 0 bridgehead atoms. The van der Waals surface area contributed by atoms with Crippen LogP contribution >= 0.6 is 0 Å². The molecular weight excluding hydrogens is 375 g/mol. The van der Waals surface area contributed by atoms with E-state index >= 15 is 0 Å². The summed E-state index contributed by atoms with van der Waals surface area (Å²) in [6, 6.07) is 6.74. The molecular formula is C24H39NaO4. The van der Waals surface area contributed by atoms with Crippen molar-refractivity contribution < 1.29 is 50.0 Å². The summed E-state index contributed by atoms with van der Waals surface area (Å²) < 4.78 is 10.7. The Morgan fingerprint density at radius 3 is 1.38 bits per heavy atom. The third kappa shape index (κ3) is 13.1. The van der Waals surface area contributed by atoms with Crippen molar-refractivity contribution in [3.05, 3.63) is 35.4 Å². The van der Waals surface area contributed by atoms with Gasteiger partial charge in [0.15, 0.2) is 0 Å². The van der Waals surface area contributed by atoms with Crippen LogP contribution in [0.3, 0.4) is 0 Å². The summed E-state index contributed by atoms with van der Waals surface area (Å²) in [7, 11) is 0. The summed E-state index contributed by atoms with van der Waals surface area (Å²) in [5.41, 5.74) is 0.586. The van der Waals surface area contributed by atoms with Crippen LogP contribution in [-0.2, 0) is 9.47 Å². The molecule has 0 atom stereocenters. The SMILES string of the molecule is CCCCCCCCOC(=O)c1ccccc1C(=O)OCCCCCCCC.[H-].[Na+]. The number of esters is 2. The average Bonchev–Trinajstić information content (AvgIpc) is 2.72. The van der Waals surface area contributed by atoms with Gasteiger partial charge in [-0.15, -0.1) is 0 Å². The normalized spacial score (nSPS) is 10.3. The van der Waals surface area contributed by atoms with Gasteiger partial charge in [0.1, 0.15) is 0 Å². The first-order valence-electron chi connectivity index (χ1n) is 11.1. The number of hydrogen-bond donors (Lipinski definition) is 0. The maximum atomic E-state index is 12.4. The van der Waals surface area contributed by atoms with Crippen LogP contribution in [0.5, 0.6) is 0 Å². The van der Waals surface area contributed by atoms with Crippen LogP contribution in [0.4, 0.5) is 0 Å². The Morgan fingerprint density at radius 1 is 0.655 bits per heavy atom. The summed E-state index contributed by atoms with van der Waals surface area (Å²) in [5, 5.41) is 0. The summed E-state index contributed by atoms with van der Waals surface area (Å²) >= 11 is 0. The molecule has 1 rings (SSSR count). The monoisotopic (exact) mass is 414 g/mol. The van der Waals surface area contributed by atoms with Gasteiger partial charge in [0, 0.05) is 0 Å². The Hall–Kier alpha value is -0.840. The number of benzene rings is 1. The predicted molar refractivity (Wildman–Crippen MR) is 115 cm³/mol. The van der Waals surface area contributed by atoms with Crippen LogP contribution in [0.25, 0.3) is 0 Å². The van der Waals surface area contributed by atoms with E-state index in [2.05, 4.69) is 13.8 Å². The van der Waals surface area contributed by atoms with Crippen LogP contribution in [0.15, 0.2) is 24.3 Å². The fourth-order valence-corrected chi connectivity index (χ4v) is 3.09. The minimum Gasteiger partial charge on any atom is -1.00 e. The van der Waals surface area contributed by atoms with Crippen molar-refractivity contribution in [3.63, 3.8) is 0 Å². The van der Waals surface area contributed by atoms with Crippen molar-refractivity contribution in [2.75, 3.05) is 13.2 Å². The predicted octanol–water partition coefficient (Wildman–Crippen LogP) is 3.84. The van der Waals surface area contributed by atoms with Crippen molar-refractivity contribution in [2.24, 2.45) is 0 Å². The van der Waals surface area contributed by atoms with E-state index < -0.39 is 11.9 Å². The Labute approximate surface area is 200 Å². The van der Waals surface area contributed by atoms with Gasteiger partial charge in [0.25, 0.3) is 0 Å². The average molecular weight is 415 g/mol. The van der Waals surface area contributed by atoms with Crippen molar-refractivity contribution in [3.8, 4) is 0 Å². The van der Waals surface area contributed by atoms with Crippen molar-refractivity contribution in [1.29, 1.82) is 0 Å². The molecule has 0 aliphatic rings. The second kappa shape index (κ2) is 19.1. The van der Waals surface area contributed by atoms with E-state index in [1.54, 1.807) is 24.3 Å². The number of unbranched alkanes of at least 4 members (excludes halogenated alkanes) is 10. The van der Waals surface area contributed by atoms with Gasteiger partial charge >= 0.3 is 41.5 Å². The molecule has 0 unspecified atom stereocenters. The third-order valence-electron chi connectivity index (χ3n) is 4.83. The molecule has 0 heterocycles. The maximum absolute atomic E-state index is 12.4. The van der Waals surface area contributed by atoms with E-state index in [-0.39, 0.29) is 31.0 Å². The standard InChI is InChI=1S/C24H38O4.Na.H/c1-3-5-7-9-11-15-19-27-23(25)21-17-13-14-18-22(21)24(26)28-20-16-12-10-8-6-4-2;;/h13-14,17-18H,3-12,15-16,19-20H2,1-2H3;;/q;+1;-1. The first-order valence-corrected chi connectivity index (χ1v) is 11.1. The van der Waals surface area contributed by atoms with Gasteiger partial charge in [-0.3, -0.25) is 0 Å². The molecule has 0 saturated heterocycles. The molecule has 1 aromatic rings. The van der Waals surface area contributed by atoms with Gasteiger partial charge in [0.05, 0.1) is 24.3 Å². The molecule has 0 saturated carbocycles. The molecule has 160 valence electrons. The summed E-state index contributed by atoms with van der Waals surface area (Å²) in [5.74, 6) is -0.888. The molecule has 1 aromatic carbocycles. The van der Waals surface area contributed by atoms with Crippen LogP contribution in [0.2, 0.25) is 0 Å². The Morgan fingerprint density at radius 2 is 1.00 bits per heavy atom. The fourth-order valence-electron chi connectivity index (χ4n) is 3.09. The molecule has 5 heteroatoms. The topological polar surface area (TPSA) is 52.6 Å². The number of carbonyl (C=O) groups excluding carboxylic acids is 2. The Balaban J connectivity index is 0. The molecule has 4 nitrogen and oxygen atoms in total. The quantitative estimate of drug-likeness (QED) is 0.234. The first kappa shape index (κ1) is 28.2. The molecule has 0 radical (unpaired) electrons. The molecule has 0 fully saturated rings. The molecule has 0 N–H and O–H groups in total. The molecule has 0 aliphatic heterocycles. The number of rotatable bonds is 16. The van der Waals surface area contributed by atoms with E-state index in [4.69, 9.17) is 9.47 Å². The van der Waals surface area contributed by atoms with Crippen LogP contribution < -0.4 is 29.6 Å². The van der Waals surface area contributed by atoms with Gasteiger partial charge < -0.3 is 10.9 Å². The van der Waals surface area contributed by atoms with E-state index in [1.165, 1.54) is 51.4 Å². The largest absolute Gasteiger partial charge is 1.00 e. The van der Waals surface area contributed by atoms with E-state index in [0.717, 1.165) is 25.7 Å². The number of carbonyl (C=O) groups is 2. The maximum Gasteiger partial charge on any atom is 1.00 e. The first-order chi connectivity index (χ1) is 13.7. The smallest absolute Gasteiger partial charge is 1.00 e. The Bertz CT molecular complexity index is 517. The summed E-state index contributed by atoms with van der Waals surface area (Å²) in [6.07, 6.45) is 13.6. The fraction of sp³-hybridized carbons (Fsp3) is 0.667. The zero-order valence-corrected chi connectivity index (χ0v) is 20.8. The van der Waals surface area contributed by atoms with E-state index in [1.807, 2.05) is 0 Å². The molecule has 29 heavy (non-hydrogen) atoms. The molecule has 0 aromatic heterocycles. The second-order valence-electron chi connectivity index (χ2n) is 7.35. The number of ether oxygens (including phenoxy) is 2. The zero-order valence-electron chi connectivity index (χ0n) is 19.8. The van der Waals surface area contributed by atoms with Crippen molar-refractivity contribution in [2.45, 2.75) is 90.9 Å². The Kier molecular flexibility index (Phi) is 18.6. The van der Waals surface area contributed by atoms with E-state index in [0.29, 0.717) is 24.3 Å². The van der Waals surface area contributed by atoms with Gasteiger partial charge in [-0.2, -0.15) is 0 Å². The molecule has 0 aliphatic carbocycles. The van der Waals surface area contributed by atoms with Crippen LogP contribution in [-0.4, -0.2) is 25.2 Å². The minimum atomic E-state index is -0.444. The van der Waals surface area contributed by atoms with Gasteiger partial charge in [-0.25, -0.2) is 9.59 Å². The van der Waals surface area contributed by atoms with E-state index in [9.17, 15) is 9.59 Å². The molecule has 0 spiro atoms. The van der Waals surface area contributed by atoms with Gasteiger partial charge in [-0.05, 0) is 25.0 Å². The number of hydrogen-bond acceptors (Lipinski definition) is 4. The van der Waals surface area contributed by atoms with Crippen molar-refractivity contribution in [1.82, 2.24) is 0 Å². The molecule has 0 amide bonds. The zero-order chi connectivity index (χ0) is 20.5. The van der Waals surface area contributed by atoms with Crippen molar-refractivity contribution >= 4 is 11.9 Å². The second-order valence-corrected chi connectivity index (χ2v) is 7.35. The summed E-state index contributed by atoms with van der Waals surface area (Å²) in [4.78, 5) is 24.7. The third-order valence-corrected chi connectivity index (χ3v) is 4.83.